The standard InChI is InChI=1S/C61H42N2/c1-5-21-43(22-6-1)50-31-15-18-37-57(50)62(48-30-19-27-46(41-48)61(45-25-9-3-10-26-45)55-35-16-13-32-52(55)53-33-14-17-36-56(53)61)49-39-40-54-59(42-49)63(47-28-11-4-12-29-47)58-38-20-34-51(60(54)58)44-23-7-2-8-24-44/h1-42H. The molecule has 11 aromatic rings. The molecule has 0 bridgehead atoms. The third kappa shape index (κ3) is 5.80. The predicted octanol–water partition coefficient (Wildman–Crippen LogP) is 16.0. The maximum absolute atomic E-state index is 2.47. The van der Waals surface area contributed by atoms with Crippen LogP contribution in [0.3, 0.4) is 0 Å². The van der Waals surface area contributed by atoms with Crippen molar-refractivity contribution < 1.29 is 0 Å². The molecular weight excluding hydrogens is 761 g/mol. The van der Waals surface area contributed by atoms with E-state index >= 15 is 0 Å². The molecule has 0 saturated heterocycles. The van der Waals surface area contributed by atoms with Crippen LogP contribution >= 0.6 is 0 Å². The molecule has 0 saturated carbocycles. The number of nitrogens with zero attached hydrogens (tertiary/aromatic N) is 2. The van der Waals surface area contributed by atoms with Crippen LogP contribution in [0.5, 0.6) is 0 Å². The molecule has 63 heavy (non-hydrogen) atoms. The van der Waals surface area contributed by atoms with Crippen LogP contribution in [0.1, 0.15) is 22.3 Å². The molecule has 2 nitrogen and oxygen atoms in total. The Bertz CT molecular complexity index is 3400. The van der Waals surface area contributed by atoms with Gasteiger partial charge in [0.25, 0.3) is 0 Å². The number of anilines is 3. The minimum Gasteiger partial charge on any atom is -0.310 e. The summed E-state index contributed by atoms with van der Waals surface area (Å²) in [6, 6.07) is 93.3. The lowest BCUT2D eigenvalue weighted by molar-refractivity contribution is 0.768. The van der Waals surface area contributed by atoms with Crippen molar-refractivity contribution in [1.29, 1.82) is 0 Å². The van der Waals surface area contributed by atoms with Gasteiger partial charge in [0, 0.05) is 33.4 Å². The molecule has 2 heteroatoms. The highest BCUT2D eigenvalue weighted by molar-refractivity contribution is 6.16. The summed E-state index contributed by atoms with van der Waals surface area (Å²) in [7, 11) is 0. The van der Waals surface area contributed by atoms with E-state index in [4.69, 9.17) is 0 Å². The summed E-state index contributed by atoms with van der Waals surface area (Å²) in [5, 5.41) is 2.46. The summed E-state index contributed by atoms with van der Waals surface area (Å²) in [5.74, 6) is 0. The molecule has 1 heterocycles. The average molecular weight is 803 g/mol. The van der Waals surface area contributed by atoms with Crippen molar-refractivity contribution >= 4 is 38.9 Å². The molecule has 0 aliphatic heterocycles. The Morgan fingerprint density at radius 1 is 0.333 bits per heavy atom. The first kappa shape index (κ1) is 36.6. The van der Waals surface area contributed by atoms with Gasteiger partial charge in [-0.1, -0.05) is 206 Å². The van der Waals surface area contributed by atoms with Crippen molar-refractivity contribution in [3.63, 3.8) is 0 Å². The quantitative estimate of drug-likeness (QED) is 0.149. The van der Waals surface area contributed by atoms with E-state index < -0.39 is 5.41 Å². The minimum atomic E-state index is -0.535. The predicted molar refractivity (Wildman–Crippen MR) is 264 cm³/mol. The highest BCUT2D eigenvalue weighted by Gasteiger charge is 2.46. The van der Waals surface area contributed by atoms with Gasteiger partial charge >= 0.3 is 0 Å². The monoisotopic (exact) mass is 802 g/mol. The van der Waals surface area contributed by atoms with Gasteiger partial charge in [0.05, 0.1) is 22.1 Å². The Labute approximate surface area is 368 Å². The molecule has 0 spiro atoms. The van der Waals surface area contributed by atoms with Crippen LogP contribution < -0.4 is 4.90 Å². The normalized spacial score (nSPS) is 12.6. The Balaban J connectivity index is 1.15. The molecule has 1 aliphatic carbocycles. The number of rotatable bonds is 8. The van der Waals surface area contributed by atoms with Crippen LogP contribution in [-0.2, 0) is 5.41 Å². The second kappa shape index (κ2) is 15.1. The van der Waals surface area contributed by atoms with Gasteiger partial charge in [0.1, 0.15) is 0 Å². The fourth-order valence-corrected chi connectivity index (χ4v) is 10.5. The lowest BCUT2D eigenvalue weighted by Gasteiger charge is -2.35. The van der Waals surface area contributed by atoms with Gasteiger partial charge in [-0.05, 0) is 98.6 Å². The van der Waals surface area contributed by atoms with E-state index in [1.807, 2.05) is 0 Å². The van der Waals surface area contributed by atoms with Gasteiger partial charge in [-0.25, -0.2) is 0 Å². The molecule has 1 aliphatic rings. The van der Waals surface area contributed by atoms with Crippen molar-refractivity contribution in [3.8, 4) is 39.1 Å². The zero-order valence-corrected chi connectivity index (χ0v) is 34.6. The van der Waals surface area contributed by atoms with E-state index in [0.717, 1.165) is 33.8 Å². The number of hydrogen-bond donors (Lipinski definition) is 0. The van der Waals surface area contributed by atoms with Crippen LogP contribution in [0.4, 0.5) is 17.1 Å². The summed E-state index contributed by atoms with van der Waals surface area (Å²) in [4.78, 5) is 2.47. The number of benzene rings is 10. The summed E-state index contributed by atoms with van der Waals surface area (Å²) < 4.78 is 2.44. The van der Waals surface area contributed by atoms with Crippen LogP contribution in [-0.4, -0.2) is 4.57 Å². The molecule has 0 amide bonds. The lowest BCUT2D eigenvalue weighted by atomic mass is 9.67. The molecule has 296 valence electrons. The zero-order chi connectivity index (χ0) is 41.7. The van der Waals surface area contributed by atoms with Crippen molar-refractivity contribution in [3.05, 3.63) is 277 Å². The van der Waals surface area contributed by atoms with Gasteiger partial charge in [0.2, 0.25) is 0 Å². The van der Waals surface area contributed by atoms with Gasteiger partial charge in [-0.3, -0.25) is 0 Å². The van der Waals surface area contributed by atoms with Crippen LogP contribution in [0, 0.1) is 0 Å². The van der Waals surface area contributed by atoms with E-state index in [1.165, 1.54) is 66.4 Å². The molecule has 0 fully saturated rings. The Hall–Kier alpha value is -8.20. The van der Waals surface area contributed by atoms with E-state index in [0.29, 0.717) is 0 Å². The smallest absolute Gasteiger partial charge is 0.0714 e. The van der Waals surface area contributed by atoms with E-state index in [2.05, 4.69) is 264 Å². The van der Waals surface area contributed by atoms with Gasteiger partial charge in [-0.15, -0.1) is 0 Å². The van der Waals surface area contributed by atoms with E-state index in [-0.39, 0.29) is 0 Å². The molecule has 0 unspecified atom stereocenters. The van der Waals surface area contributed by atoms with Gasteiger partial charge in [-0.2, -0.15) is 0 Å². The van der Waals surface area contributed by atoms with Crippen molar-refractivity contribution in [2.24, 2.45) is 0 Å². The molecule has 12 rings (SSSR count). The van der Waals surface area contributed by atoms with Gasteiger partial charge < -0.3 is 9.47 Å². The SMILES string of the molecule is c1ccc(-c2ccccc2N(c2cccc(C3(c4ccccc4)c4ccccc4-c4ccccc43)c2)c2ccc3c4c(-c5ccccc5)cccc4n(-c4ccccc4)c3c2)cc1. The third-order valence-electron chi connectivity index (χ3n) is 13.1. The Kier molecular flexibility index (Phi) is 8.76. The zero-order valence-electron chi connectivity index (χ0n) is 34.6. The molecular formula is C61H42N2. The molecule has 1 aromatic heterocycles. The van der Waals surface area contributed by atoms with E-state index in [9.17, 15) is 0 Å². The molecule has 0 atom stereocenters. The highest BCUT2D eigenvalue weighted by atomic mass is 15.1. The van der Waals surface area contributed by atoms with Crippen LogP contribution in [0.25, 0.3) is 60.9 Å². The first-order valence-corrected chi connectivity index (χ1v) is 21.8. The summed E-state index contributed by atoms with van der Waals surface area (Å²) in [5.41, 5.74) is 18.6. The Morgan fingerprint density at radius 2 is 0.841 bits per heavy atom. The minimum absolute atomic E-state index is 0.535. The number of fused-ring (bicyclic) bond motifs is 6. The number of hydrogen-bond acceptors (Lipinski definition) is 1. The summed E-state index contributed by atoms with van der Waals surface area (Å²) >= 11 is 0. The van der Waals surface area contributed by atoms with Crippen LogP contribution in [0.2, 0.25) is 0 Å². The number of para-hydroxylation sites is 2. The van der Waals surface area contributed by atoms with E-state index in [1.54, 1.807) is 0 Å². The molecule has 0 radical (unpaired) electrons. The fourth-order valence-electron chi connectivity index (χ4n) is 10.5. The van der Waals surface area contributed by atoms with Crippen molar-refractivity contribution in [2.75, 3.05) is 4.90 Å². The second-order valence-corrected chi connectivity index (χ2v) is 16.4. The summed E-state index contributed by atoms with van der Waals surface area (Å²) in [6.07, 6.45) is 0. The van der Waals surface area contributed by atoms with Gasteiger partial charge in [0.15, 0.2) is 0 Å². The maximum Gasteiger partial charge on any atom is 0.0714 e. The first-order valence-electron chi connectivity index (χ1n) is 21.8. The second-order valence-electron chi connectivity index (χ2n) is 16.4. The molecule has 10 aromatic carbocycles. The largest absolute Gasteiger partial charge is 0.310 e. The van der Waals surface area contributed by atoms with Crippen molar-refractivity contribution in [1.82, 2.24) is 4.57 Å². The maximum atomic E-state index is 2.47. The fraction of sp³-hybridized carbons (Fsp3) is 0.0164. The summed E-state index contributed by atoms with van der Waals surface area (Å²) in [6.45, 7) is 0. The molecule has 0 N–H and O–H groups in total. The number of aromatic nitrogens is 1. The third-order valence-corrected chi connectivity index (χ3v) is 13.1. The highest BCUT2D eigenvalue weighted by Crippen LogP contribution is 2.57. The first-order chi connectivity index (χ1) is 31.3. The lowest BCUT2D eigenvalue weighted by Crippen LogP contribution is -2.28. The average Bonchev–Trinajstić information content (AvgIpc) is 3.86. The van der Waals surface area contributed by atoms with Crippen molar-refractivity contribution in [2.45, 2.75) is 5.41 Å². The Morgan fingerprint density at radius 3 is 1.52 bits per heavy atom. The topological polar surface area (TPSA) is 8.17 Å². The van der Waals surface area contributed by atoms with Crippen LogP contribution in [0.15, 0.2) is 255 Å².